The zero-order chi connectivity index (χ0) is 14.4. The van der Waals surface area contributed by atoms with E-state index >= 15 is 0 Å². The van der Waals surface area contributed by atoms with Crippen molar-refractivity contribution >= 4 is 11.6 Å². The molecule has 2 atom stereocenters. The lowest BCUT2D eigenvalue weighted by atomic mass is 9.95. The van der Waals surface area contributed by atoms with Gasteiger partial charge in [0.15, 0.2) is 0 Å². The molecule has 108 valence electrons. The first-order valence-corrected chi connectivity index (χ1v) is 7.62. The summed E-state index contributed by atoms with van der Waals surface area (Å²) in [5.74, 6) is 0.638. The summed E-state index contributed by atoms with van der Waals surface area (Å²) >= 11 is 5.98. The minimum atomic E-state index is 0.153. The van der Waals surface area contributed by atoms with Gasteiger partial charge in [-0.3, -0.25) is 4.90 Å². The largest absolute Gasteiger partial charge is 0.326 e. The molecule has 1 rings (SSSR count). The first-order valence-electron chi connectivity index (χ1n) is 7.24. The highest BCUT2D eigenvalue weighted by molar-refractivity contribution is 6.30. The first-order chi connectivity index (χ1) is 8.99. The van der Waals surface area contributed by atoms with E-state index in [9.17, 15) is 0 Å². The summed E-state index contributed by atoms with van der Waals surface area (Å²) in [7, 11) is 0. The van der Waals surface area contributed by atoms with E-state index in [1.807, 2.05) is 12.1 Å². The minimum absolute atomic E-state index is 0.153. The lowest BCUT2D eigenvalue weighted by Crippen LogP contribution is -2.42. The Morgan fingerprint density at radius 1 is 1.16 bits per heavy atom. The third kappa shape index (κ3) is 4.79. The van der Waals surface area contributed by atoms with Gasteiger partial charge in [-0.1, -0.05) is 51.4 Å². The van der Waals surface area contributed by atoms with Crippen molar-refractivity contribution in [1.82, 2.24) is 4.90 Å². The van der Waals surface area contributed by atoms with Crippen molar-refractivity contribution in [3.05, 3.63) is 34.9 Å². The highest BCUT2D eigenvalue weighted by Crippen LogP contribution is 2.27. The van der Waals surface area contributed by atoms with Gasteiger partial charge in [-0.2, -0.15) is 0 Å². The van der Waals surface area contributed by atoms with Crippen molar-refractivity contribution in [3.8, 4) is 0 Å². The van der Waals surface area contributed by atoms with Crippen LogP contribution >= 0.6 is 11.6 Å². The number of nitrogens with zero attached hydrogens (tertiary/aromatic N) is 1. The number of benzene rings is 1. The standard InChI is InChI=1S/C16H27ClN2/c1-5-15(18)16(19(6-2)11-12(3)4)13-7-9-14(17)10-8-13/h7-10,12,15-16H,5-6,11,18H2,1-4H3. The third-order valence-electron chi connectivity index (χ3n) is 3.49. The van der Waals surface area contributed by atoms with Crippen LogP contribution < -0.4 is 5.73 Å². The molecule has 0 radical (unpaired) electrons. The first kappa shape index (κ1) is 16.5. The molecule has 2 unspecified atom stereocenters. The van der Waals surface area contributed by atoms with Crippen molar-refractivity contribution in [2.45, 2.75) is 46.2 Å². The average Bonchev–Trinajstić information content (AvgIpc) is 2.39. The van der Waals surface area contributed by atoms with E-state index < -0.39 is 0 Å². The van der Waals surface area contributed by atoms with E-state index in [0.29, 0.717) is 5.92 Å². The van der Waals surface area contributed by atoms with Crippen LogP contribution in [0.15, 0.2) is 24.3 Å². The van der Waals surface area contributed by atoms with E-state index in [0.717, 1.165) is 24.5 Å². The number of halogens is 1. The van der Waals surface area contributed by atoms with Crippen molar-refractivity contribution in [1.29, 1.82) is 0 Å². The summed E-state index contributed by atoms with van der Waals surface area (Å²) in [6.45, 7) is 10.9. The van der Waals surface area contributed by atoms with Gasteiger partial charge in [0.2, 0.25) is 0 Å². The van der Waals surface area contributed by atoms with Crippen LogP contribution in [0.25, 0.3) is 0 Å². The molecule has 1 aromatic rings. The molecule has 0 bridgehead atoms. The predicted molar refractivity (Wildman–Crippen MR) is 84.5 cm³/mol. The summed E-state index contributed by atoms with van der Waals surface area (Å²) < 4.78 is 0. The molecule has 1 aromatic carbocycles. The van der Waals surface area contributed by atoms with Gasteiger partial charge in [0.1, 0.15) is 0 Å². The topological polar surface area (TPSA) is 29.3 Å². The monoisotopic (exact) mass is 282 g/mol. The summed E-state index contributed by atoms with van der Waals surface area (Å²) in [4.78, 5) is 2.47. The lowest BCUT2D eigenvalue weighted by Gasteiger charge is -2.36. The van der Waals surface area contributed by atoms with Gasteiger partial charge in [-0.25, -0.2) is 0 Å². The summed E-state index contributed by atoms with van der Waals surface area (Å²) in [5, 5.41) is 0.777. The summed E-state index contributed by atoms with van der Waals surface area (Å²) in [6.07, 6.45) is 0.974. The van der Waals surface area contributed by atoms with E-state index in [1.54, 1.807) is 0 Å². The predicted octanol–water partition coefficient (Wildman–Crippen LogP) is 4.10. The van der Waals surface area contributed by atoms with Gasteiger partial charge in [0.05, 0.1) is 0 Å². The van der Waals surface area contributed by atoms with E-state index in [4.69, 9.17) is 17.3 Å². The van der Waals surface area contributed by atoms with Gasteiger partial charge in [0, 0.05) is 23.7 Å². The smallest absolute Gasteiger partial charge is 0.0499 e. The molecule has 19 heavy (non-hydrogen) atoms. The van der Waals surface area contributed by atoms with Crippen LogP contribution in [-0.2, 0) is 0 Å². The second kappa shape index (κ2) is 7.88. The molecule has 0 aromatic heterocycles. The van der Waals surface area contributed by atoms with Crippen LogP contribution in [0.2, 0.25) is 5.02 Å². The maximum absolute atomic E-state index is 6.36. The Kier molecular flexibility index (Phi) is 6.84. The van der Waals surface area contributed by atoms with Crippen LogP contribution in [0.4, 0.5) is 0 Å². The SMILES string of the molecule is CCC(N)C(c1ccc(Cl)cc1)N(CC)CC(C)C. The van der Waals surface area contributed by atoms with Crippen molar-refractivity contribution in [2.24, 2.45) is 11.7 Å². The Labute approximate surface area is 122 Å². The maximum atomic E-state index is 6.36. The van der Waals surface area contributed by atoms with Gasteiger partial charge in [0.25, 0.3) is 0 Å². The number of hydrogen-bond acceptors (Lipinski definition) is 2. The quantitative estimate of drug-likeness (QED) is 0.816. The fourth-order valence-corrected chi connectivity index (χ4v) is 2.65. The molecule has 3 heteroatoms. The van der Waals surface area contributed by atoms with Crippen LogP contribution in [0, 0.1) is 5.92 Å². The molecular formula is C16H27ClN2. The van der Waals surface area contributed by atoms with Crippen LogP contribution in [0.5, 0.6) is 0 Å². The molecule has 0 aliphatic rings. The number of nitrogens with two attached hydrogens (primary N) is 1. The van der Waals surface area contributed by atoms with Crippen molar-refractivity contribution in [3.63, 3.8) is 0 Å². The van der Waals surface area contributed by atoms with Gasteiger partial charge in [-0.15, -0.1) is 0 Å². The average molecular weight is 283 g/mol. The molecule has 0 aliphatic heterocycles. The van der Waals surface area contributed by atoms with Crippen molar-refractivity contribution in [2.75, 3.05) is 13.1 Å². The summed E-state index contributed by atoms with van der Waals surface area (Å²) in [5.41, 5.74) is 7.63. The fraction of sp³-hybridized carbons (Fsp3) is 0.625. The van der Waals surface area contributed by atoms with E-state index in [-0.39, 0.29) is 12.1 Å². The van der Waals surface area contributed by atoms with Gasteiger partial charge in [-0.05, 0) is 36.6 Å². The molecule has 0 spiro atoms. The Balaban J connectivity index is 3.02. The molecule has 0 amide bonds. The Bertz CT molecular complexity index is 362. The van der Waals surface area contributed by atoms with Crippen LogP contribution in [0.1, 0.15) is 45.7 Å². The number of hydrogen-bond donors (Lipinski definition) is 1. The van der Waals surface area contributed by atoms with Crippen molar-refractivity contribution < 1.29 is 0 Å². The zero-order valence-electron chi connectivity index (χ0n) is 12.6. The molecule has 0 heterocycles. The van der Waals surface area contributed by atoms with Gasteiger partial charge < -0.3 is 5.73 Å². The van der Waals surface area contributed by atoms with Gasteiger partial charge >= 0.3 is 0 Å². The lowest BCUT2D eigenvalue weighted by molar-refractivity contribution is 0.159. The molecule has 2 nitrogen and oxygen atoms in total. The number of rotatable bonds is 7. The van der Waals surface area contributed by atoms with Crippen LogP contribution in [0.3, 0.4) is 0 Å². The summed E-state index contributed by atoms with van der Waals surface area (Å²) in [6, 6.07) is 8.54. The molecule has 2 N–H and O–H groups in total. The maximum Gasteiger partial charge on any atom is 0.0499 e. The Hall–Kier alpha value is -0.570. The third-order valence-corrected chi connectivity index (χ3v) is 3.74. The Morgan fingerprint density at radius 3 is 2.16 bits per heavy atom. The number of likely N-dealkylation sites (N-methyl/N-ethyl adjacent to an activating group) is 1. The van der Waals surface area contributed by atoms with E-state index in [1.165, 1.54) is 5.56 Å². The second-order valence-electron chi connectivity index (χ2n) is 5.55. The normalized spacial score (nSPS) is 14.9. The van der Waals surface area contributed by atoms with Crippen LogP contribution in [-0.4, -0.2) is 24.0 Å². The minimum Gasteiger partial charge on any atom is -0.326 e. The second-order valence-corrected chi connectivity index (χ2v) is 5.99. The highest BCUT2D eigenvalue weighted by atomic mass is 35.5. The molecule has 0 saturated carbocycles. The van der Waals surface area contributed by atoms with E-state index in [2.05, 4.69) is 44.7 Å². The Morgan fingerprint density at radius 2 is 1.74 bits per heavy atom. The molecule has 0 fully saturated rings. The zero-order valence-corrected chi connectivity index (χ0v) is 13.3. The molecular weight excluding hydrogens is 256 g/mol. The molecule has 0 saturated heterocycles. The highest BCUT2D eigenvalue weighted by Gasteiger charge is 2.25. The molecule has 0 aliphatic carbocycles. The fourth-order valence-electron chi connectivity index (χ4n) is 2.52.